The van der Waals surface area contributed by atoms with Crippen molar-refractivity contribution in [2.45, 2.75) is 32.6 Å². The third kappa shape index (κ3) is 6.50. The van der Waals surface area contributed by atoms with Crippen molar-refractivity contribution in [2.24, 2.45) is 0 Å². The van der Waals surface area contributed by atoms with Crippen LogP contribution in [0.5, 0.6) is 0 Å². The molecule has 0 aromatic heterocycles. The summed E-state index contributed by atoms with van der Waals surface area (Å²) in [6.07, 6.45) is 6.70. The van der Waals surface area contributed by atoms with Gasteiger partial charge in [0.25, 0.3) is 0 Å². The summed E-state index contributed by atoms with van der Waals surface area (Å²) in [6.45, 7) is 7.76. The van der Waals surface area contributed by atoms with Gasteiger partial charge in [-0.05, 0) is 43.4 Å². The van der Waals surface area contributed by atoms with E-state index in [-0.39, 0.29) is 0 Å². The molecule has 0 saturated heterocycles. The van der Waals surface area contributed by atoms with Gasteiger partial charge in [-0.3, -0.25) is 0 Å². The highest BCUT2D eigenvalue weighted by molar-refractivity contribution is 7.98. The largest absolute Gasteiger partial charge is 0.130 e. The van der Waals surface area contributed by atoms with Crippen molar-refractivity contribution in [3.05, 3.63) is 54.1 Å². The van der Waals surface area contributed by atoms with Gasteiger partial charge >= 0.3 is 0 Å². The maximum absolute atomic E-state index is 4.60. The molecule has 106 valence electrons. The standard InChI is InChI=1S/C14H14S.C3H4.C2H6/c1-11-3-5-12(6-4-11)13-7-9-14(15-2)10-8-13;1-3-2;1-2/h3-10H,1-2H3;1H,2H3;1-2H3. The van der Waals surface area contributed by atoms with E-state index in [4.69, 9.17) is 0 Å². The molecular formula is C19H24S. The third-order valence-corrected chi connectivity index (χ3v) is 3.22. The fourth-order valence-electron chi connectivity index (χ4n) is 1.53. The molecule has 2 rings (SSSR count). The second kappa shape index (κ2) is 11.2. The molecule has 2 aromatic carbocycles. The van der Waals surface area contributed by atoms with Crippen molar-refractivity contribution in [1.82, 2.24) is 0 Å². The predicted molar refractivity (Wildman–Crippen MR) is 94.3 cm³/mol. The van der Waals surface area contributed by atoms with Gasteiger partial charge in [-0.1, -0.05) is 55.8 Å². The minimum Gasteiger partial charge on any atom is -0.130 e. The number of terminal acetylenes is 1. The van der Waals surface area contributed by atoms with Crippen LogP contribution in [0, 0.1) is 19.3 Å². The minimum atomic E-state index is 1.28. The lowest BCUT2D eigenvalue weighted by Gasteiger charge is -2.03. The van der Waals surface area contributed by atoms with Crippen LogP contribution in [0.4, 0.5) is 0 Å². The lowest BCUT2D eigenvalue weighted by Crippen LogP contribution is -1.78. The lowest BCUT2D eigenvalue weighted by atomic mass is 10.0. The first-order chi connectivity index (χ1) is 9.71. The van der Waals surface area contributed by atoms with E-state index >= 15 is 0 Å². The average molecular weight is 284 g/mol. The van der Waals surface area contributed by atoms with Crippen molar-refractivity contribution >= 4 is 11.8 Å². The molecule has 0 aliphatic heterocycles. The summed E-state index contributed by atoms with van der Waals surface area (Å²) in [5.41, 5.74) is 3.88. The van der Waals surface area contributed by atoms with Crippen molar-refractivity contribution in [2.75, 3.05) is 6.26 Å². The van der Waals surface area contributed by atoms with E-state index in [0.29, 0.717) is 0 Å². The molecule has 0 radical (unpaired) electrons. The Kier molecular flexibility index (Phi) is 10.3. The monoisotopic (exact) mass is 284 g/mol. The predicted octanol–water partition coefficient (Wildman–Crippen LogP) is 6.05. The fraction of sp³-hybridized carbons (Fsp3) is 0.263. The highest BCUT2D eigenvalue weighted by Gasteiger charge is 1.96. The van der Waals surface area contributed by atoms with Gasteiger partial charge in [-0.25, -0.2) is 0 Å². The van der Waals surface area contributed by atoms with Crippen molar-refractivity contribution in [3.63, 3.8) is 0 Å². The molecule has 0 N–H and O–H groups in total. The quantitative estimate of drug-likeness (QED) is 0.478. The Morgan fingerprint density at radius 3 is 1.55 bits per heavy atom. The van der Waals surface area contributed by atoms with Gasteiger partial charge in [0.1, 0.15) is 0 Å². The molecule has 0 amide bonds. The van der Waals surface area contributed by atoms with Crippen LogP contribution in [0.25, 0.3) is 11.1 Å². The van der Waals surface area contributed by atoms with E-state index in [2.05, 4.69) is 74.1 Å². The van der Waals surface area contributed by atoms with E-state index in [0.717, 1.165) is 0 Å². The fourth-order valence-corrected chi connectivity index (χ4v) is 1.94. The summed E-state index contributed by atoms with van der Waals surface area (Å²) in [7, 11) is 0. The Labute approximate surface area is 128 Å². The first kappa shape index (κ1) is 18.4. The number of hydrogen-bond acceptors (Lipinski definition) is 1. The zero-order valence-electron chi connectivity index (χ0n) is 13.1. The summed E-state index contributed by atoms with van der Waals surface area (Å²) in [4.78, 5) is 1.31. The molecule has 0 unspecified atom stereocenters. The molecule has 0 heterocycles. The summed E-state index contributed by atoms with van der Waals surface area (Å²) < 4.78 is 0. The number of benzene rings is 2. The van der Waals surface area contributed by atoms with Gasteiger partial charge < -0.3 is 0 Å². The summed E-state index contributed by atoms with van der Waals surface area (Å²) in [5.74, 6) is 2.25. The molecule has 1 heteroatoms. The molecular weight excluding hydrogens is 260 g/mol. The smallest absolute Gasteiger partial charge is 0.00695 e. The Morgan fingerprint density at radius 2 is 1.20 bits per heavy atom. The van der Waals surface area contributed by atoms with Crippen LogP contribution in [0.1, 0.15) is 26.3 Å². The number of rotatable bonds is 2. The van der Waals surface area contributed by atoms with E-state index < -0.39 is 0 Å². The summed E-state index contributed by atoms with van der Waals surface area (Å²) >= 11 is 1.78. The molecule has 2 aromatic rings. The Balaban J connectivity index is 0.000000641. The highest BCUT2D eigenvalue weighted by atomic mass is 32.2. The van der Waals surface area contributed by atoms with Crippen LogP contribution >= 0.6 is 11.8 Å². The Morgan fingerprint density at radius 1 is 0.850 bits per heavy atom. The van der Waals surface area contributed by atoms with Gasteiger partial charge in [0, 0.05) is 4.90 Å². The zero-order valence-corrected chi connectivity index (χ0v) is 13.9. The molecule has 20 heavy (non-hydrogen) atoms. The van der Waals surface area contributed by atoms with Crippen LogP contribution in [0.3, 0.4) is 0 Å². The summed E-state index contributed by atoms with van der Waals surface area (Å²) in [5, 5.41) is 0. The van der Waals surface area contributed by atoms with Crippen LogP contribution in [0.2, 0.25) is 0 Å². The van der Waals surface area contributed by atoms with Crippen LogP contribution in [0.15, 0.2) is 53.4 Å². The topological polar surface area (TPSA) is 0 Å². The van der Waals surface area contributed by atoms with Crippen LogP contribution in [-0.2, 0) is 0 Å². The van der Waals surface area contributed by atoms with E-state index in [1.54, 1.807) is 18.7 Å². The average Bonchev–Trinajstić information content (AvgIpc) is 2.51. The van der Waals surface area contributed by atoms with Crippen LogP contribution in [-0.4, -0.2) is 6.26 Å². The first-order valence-corrected chi connectivity index (χ1v) is 8.02. The van der Waals surface area contributed by atoms with Gasteiger partial charge in [0.2, 0.25) is 0 Å². The van der Waals surface area contributed by atoms with E-state index in [1.807, 2.05) is 13.8 Å². The Hall–Kier alpha value is -1.65. The zero-order chi connectivity index (χ0) is 15.4. The number of aryl methyl sites for hydroxylation is 1. The molecule has 0 atom stereocenters. The first-order valence-electron chi connectivity index (χ1n) is 6.79. The second-order valence-corrected chi connectivity index (χ2v) is 4.76. The molecule has 0 spiro atoms. The van der Waals surface area contributed by atoms with E-state index in [1.165, 1.54) is 21.6 Å². The normalized spacial score (nSPS) is 8.40. The van der Waals surface area contributed by atoms with Gasteiger partial charge in [0.05, 0.1) is 0 Å². The molecule has 0 aliphatic carbocycles. The van der Waals surface area contributed by atoms with Crippen molar-refractivity contribution in [1.29, 1.82) is 0 Å². The van der Waals surface area contributed by atoms with E-state index in [9.17, 15) is 0 Å². The summed E-state index contributed by atoms with van der Waals surface area (Å²) in [6, 6.07) is 17.3. The van der Waals surface area contributed by atoms with Crippen molar-refractivity contribution < 1.29 is 0 Å². The maximum Gasteiger partial charge on any atom is 0.00695 e. The molecule has 0 bridgehead atoms. The second-order valence-electron chi connectivity index (χ2n) is 3.88. The lowest BCUT2D eigenvalue weighted by molar-refractivity contribution is 1.44. The van der Waals surface area contributed by atoms with Crippen LogP contribution < -0.4 is 0 Å². The molecule has 0 saturated carbocycles. The Bertz CT molecular complexity index is 501. The SMILES string of the molecule is C#CC.CC.CSc1ccc(-c2ccc(C)cc2)cc1. The van der Waals surface area contributed by atoms with Crippen molar-refractivity contribution in [3.8, 4) is 23.5 Å². The number of thioether (sulfide) groups is 1. The molecule has 0 fully saturated rings. The molecule has 0 nitrogen and oxygen atoms in total. The van der Waals surface area contributed by atoms with Gasteiger partial charge in [-0.15, -0.1) is 24.1 Å². The third-order valence-electron chi connectivity index (χ3n) is 2.47. The maximum atomic E-state index is 4.60. The number of hydrogen-bond donors (Lipinski definition) is 0. The molecule has 0 aliphatic rings. The van der Waals surface area contributed by atoms with Gasteiger partial charge in [0.15, 0.2) is 0 Å². The minimum absolute atomic E-state index is 1.28. The van der Waals surface area contributed by atoms with Gasteiger partial charge in [-0.2, -0.15) is 0 Å². The highest BCUT2D eigenvalue weighted by Crippen LogP contribution is 2.23.